The number of aromatic nitrogens is 1. The molecule has 1 aromatic heterocycles. The molecule has 0 aliphatic carbocycles. The van der Waals surface area contributed by atoms with Gasteiger partial charge >= 0.3 is 5.97 Å². The van der Waals surface area contributed by atoms with E-state index < -0.39 is 144 Å². The zero-order valence-corrected chi connectivity index (χ0v) is 49.7. The first-order valence-corrected chi connectivity index (χ1v) is 28.9. The number of nitrogens with zero attached hydrogens (tertiary/aromatic N) is 2. The van der Waals surface area contributed by atoms with Crippen molar-refractivity contribution in [2.24, 2.45) is 45.3 Å². The van der Waals surface area contributed by atoms with Crippen molar-refractivity contribution >= 4 is 87.8 Å². The smallest absolute Gasteiger partial charge is 0.326 e. The number of hydrogen-bond donors (Lipinski definition) is 17. The normalized spacial score (nSPS) is 16.1. The molecule has 31 heteroatoms. The van der Waals surface area contributed by atoms with Crippen LogP contribution < -0.4 is 82.3 Å². The quantitative estimate of drug-likeness (QED) is 0.0171. The number of primary amides is 1. The number of carboxylic acids is 1. The molecule has 1 aromatic carbocycles. The van der Waals surface area contributed by atoms with Gasteiger partial charge in [-0.3, -0.25) is 57.7 Å². The molecule has 3 rings (SSSR count). The third kappa shape index (κ3) is 24.3. The summed E-state index contributed by atoms with van der Waals surface area (Å²) in [6.45, 7) is 7.79. The summed E-state index contributed by atoms with van der Waals surface area (Å²) in [5.74, 6) is -10.7. The van der Waals surface area contributed by atoms with Crippen LogP contribution in [0.15, 0.2) is 35.5 Å². The number of guanidine groups is 1. The number of nitrogens with two attached hydrogens (primary N) is 6. The fourth-order valence-electron chi connectivity index (χ4n) is 9.36. The molecule has 0 spiro atoms. The van der Waals surface area contributed by atoms with E-state index in [9.17, 15) is 62.6 Å². The van der Waals surface area contributed by atoms with Gasteiger partial charge < -0.3 is 97.2 Å². The van der Waals surface area contributed by atoms with Crippen LogP contribution in [-0.4, -0.2) is 185 Å². The molecule has 0 saturated carbocycles. The van der Waals surface area contributed by atoms with Crippen LogP contribution in [0.3, 0.4) is 0 Å². The van der Waals surface area contributed by atoms with Crippen molar-refractivity contribution in [2.75, 3.05) is 32.7 Å². The van der Waals surface area contributed by atoms with Crippen LogP contribution in [0.1, 0.15) is 117 Å². The Morgan fingerprint density at radius 3 is 1.80 bits per heavy atom. The highest BCUT2D eigenvalue weighted by molar-refractivity contribution is 5.99. The zero-order chi connectivity index (χ0) is 64.2. The Morgan fingerprint density at radius 2 is 1.20 bits per heavy atom. The number of benzene rings is 1. The number of H-pyrrole nitrogens is 1. The number of aliphatic carboxylic acids is 1. The van der Waals surface area contributed by atoms with E-state index in [4.69, 9.17) is 34.4 Å². The second kappa shape index (κ2) is 36.4. The summed E-state index contributed by atoms with van der Waals surface area (Å²) in [5, 5.41) is 33.2. The van der Waals surface area contributed by atoms with Gasteiger partial charge in [0.1, 0.15) is 54.4 Å². The highest BCUT2D eigenvalue weighted by atomic mass is 16.4. The average molecular weight is 1210 g/mol. The fourth-order valence-corrected chi connectivity index (χ4v) is 9.36. The third-order valence-electron chi connectivity index (χ3n) is 14.0. The summed E-state index contributed by atoms with van der Waals surface area (Å²) in [5.41, 5.74) is 34.6. The molecule has 1 aliphatic heterocycles. The number of fused-ring (bicyclic) bond motifs is 1. The first kappa shape index (κ1) is 71.8. The lowest BCUT2D eigenvalue weighted by Crippen LogP contribution is -2.60. The Bertz CT molecular complexity index is 2700. The minimum absolute atomic E-state index is 0.00373. The molecule has 1 aliphatic rings. The molecule has 1 fully saturated rings. The second-order valence-corrected chi connectivity index (χ2v) is 21.8. The van der Waals surface area contributed by atoms with Gasteiger partial charge in [-0.05, 0) is 122 Å². The Morgan fingerprint density at radius 1 is 0.640 bits per heavy atom. The molecule has 31 nitrogen and oxygen atoms in total. The van der Waals surface area contributed by atoms with Crippen LogP contribution in [0.2, 0.25) is 0 Å². The lowest BCUT2D eigenvalue weighted by molar-refractivity contribution is -0.145. The molecule has 0 bridgehead atoms. The van der Waals surface area contributed by atoms with Gasteiger partial charge in [-0.25, -0.2) is 4.79 Å². The molecule has 478 valence electrons. The van der Waals surface area contributed by atoms with Crippen molar-refractivity contribution < 1.29 is 62.6 Å². The summed E-state index contributed by atoms with van der Waals surface area (Å²) in [6, 6.07) is -5.58. The predicted molar refractivity (Wildman–Crippen MR) is 317 cm³/mol. The maximum absolute atomic E-state index is 14.2. The molecule has 2 aromatic rings. The van der Waals surface area contributed by atoms with Crippen molar-refractivity contribution in [1.29, 1.82) is 0 Å². The van der Waals surface area contributed by atoms with E-state index >= 15 is 0 Å². The van der Waals surface area contributed by atoms with Gasteiger partial charge in [0.05, 0.1) is 19.0 Å². The third-order valence-corrected chi connectivity index (χ3v) is 14.0. The molecule has 0 radical (unpaired) electrons. The SMILES string of the molecule is CC(C)C[C@H](NC(=O)[C@H](C)NC(=O)[C@H](CCCN=C(N)N)NC(=O)[C@H](C)N)C(=O)N[C@@H](CC(N)=O)C(=O)N[C@@H](Cc1c[nH]c2ccccc12)C(=O)NCC(=O)N[C@@H](C)C(=O)N[C@@H](CCCCN)C(=O)N1CCC[C@H]1C(=O)N[C@@H](CCCCN)C(=O)O. The van der Waals surface area contributed by atoms with E-state index in [1.807, 2.05) is 0 Å². The van der Waals surface area contributed by atoms with Gasteiger partial charge in [-0.15, -0.1) is 0 Å². The zero-order valence-electron chi connectivity index (χ0n) is 49.7. The number of unbranched alkanes of at least 4 members (excludes halogenated alkanes) is 2. The minimum Gasteiger partial charge on any atom is -0.480 e. The number of amides is 11. The Kier molecular flexibility index (Phi) is 30.4. The van der Waals surface area contributed by atoms with E-state index in [0.717, 1.165) is 0 Å². The molecule has 2 heterocycles. The first-order chi connectivity index (χ1) is 40.7. The maximum Gasteiger partial charge on any atom is 0.326 e. The van der Waals surface area contributed by atoms with Crippen LogP contribution in [0.4, 0.5) is 0 Å². The summed E-state index contributed by atoms with van der Waals surface area (Å²) < 4.78 is 0. The Hall–Kier alpha value is -8.45. The fraction of sp³-hybridized carbons (Fsp3) is 0.618. The summed E-state index contributed by atoms with van der Waals surface area (Å²) in [6.07, 6.45) is 3.81. The summed E-state index contributed by atoms with van der Waals surface area (Å²) in [4.78, 5) is 169. The number of likely N-dealkylation sites (tertiary alicyclic amines) is 1. The van der Waals surface area contributed by atoms with Gasteiger partial charge in [0, 0.05) is 36.6 Å². The Balaban J connectivity index is 1.78. The number of nitrogens with one attached hydrogen (secondary N) is 10. The number of carbonyl (C=O) groups excluding carboxylic acids is 11. The van der Waals surface area contributed by atoms with E-state index in [2.05, 4.69) is 57.8 Å². The standard InChI is InChI=1S/C55H90N18O13/c1-29(2)24-39(70-47(78)32(5)66-49(80)36(67-45(76)30(3)58)18-12-22-62-55(60)61)50(81)72-41(26-43(59)74)51(82)71-40(25-33-27-63-35-15-7-6-14-34(33)35)48(79)64-28-44(75)65-31(4)46(77)68-37(16-8-10-20-56)53(84)73-23-13-19-42(73)52(83)69-38(54(85)86)17-9-11-21-57/h6-7,14-15,27,29-32,36-42,63H,8-13,16-26,28,56-58H2,1-5H3,(H2,59,74)(H,64,79)(H,65,75)(H,66,80)(H,67,76)(H,68,77)(H,69,83)(H,70,78)(H,71,82)(H,72,81)(H,85,86)(H4,60,61,62)/t30-,31-,32-,36-,37-,38-,39-,40-,41-,42-/m0/s1. The number of carbonyl (C=O) groups is 12. The molecule has 11 amide bonds. The lowest BCUT2D eigenvalue weighted by atomic mass is 10.0. The maximum atomic E-state index is 14.2. The molecule has 23 N–H and O–H groups in total. The molecule has 1 saturated heterocycles. The van der Waals surface area contributed by atoms with E-state index in [0.29, 0.717) is 61.7 Å². The van der Waals surface area contributed by atoms with E-state index in [1.54, 1.807) is 44.3 Å². The Labute approximate surface area is 499 Å². The van der Waals surface area contributed by atoms with Crippen molar-refractivity contribution in [3.8, 4) is 0 Å². The molecule has 10 atom stereocenters. The van der Waals surface area contributed by atoms with Crippen LogP contribution in [-0.2, 0) is 64.0 Å². The molecule has 0 unspecified atom stereocenters. The van der Waals surface area contributed by atoms with Crippen molar-refractivity contribution in [2.45, 2.75) is 179 Å². The number of hydrogen-bond acceptors (Lipinski definition) is 16. The molecular weight excluding hydrogens is 1120 g/mol. The summed E-state index contributed by atoms with van der Waals surface area (Å²) >= 11 is 0. The molecular formula is C55H90N18O13. The van der Waals surface area contributed by atoms with Gasteiger partial charge in [0.2, 0.25) is 65.0 Å². The van der Waals surface area contributed by atoms with Gasteiger partial charge in [0.15, 0.2) is 5.96 Å². The van der Waals surface area contributed by atoms with Gasteiger partial charge in [-0.2, -0.15) is 0 Å². The monoisotopic (exact) mass is 1210 g/mol. The number of aliphatic imine (C=N–C) groups is 1. The van der Waals surface area contributed by atoms with E-state index in [-0.39, 0.29) is 69.9 Å². The number of rotatable bonds is 38. The number of para-hydroxylation sites is 1. The average Bonchev–Trinajstić information content (AvgIpc) is 3.89. The van der Waals surface area contributed by atoms with Crippen LogP contribution in [0.5, 0.6) is 0 Å². The van der Waals surface area contributed by atoms with Crippen molar-refractivity contribution in [3.63, 3.8) is 0 Å². The first-order valence-electron chi connectivity index (χ1n) is 28.9. The van der Waals surface area contributed by atoms with Gasteiger partial charge in [0.25, 0.3) is 0 Å². The molecule has 86 heavy (non-hydrogen) atoms. The van der Waals surface area contributed by atoms with Crippen molar-refractivity contribution in [1.82, 2.24) is 57.7 Å². The van der Waals surface area contributed by atoms with Crippen molar-refractivity contribution in [3.05, 3.63) is 36.0 Å². The predicted octanol–water partition coefficient (Wildman–Crippen LogP) is -4.60. The lowest BCUT2D eigenvalue weighted by Gasteiger charge is -2.30. The number of aromatic amines is 1. The largest absolute Gasteiger partial charge is 0.480 e. The topological polar surface area (TPSA) is 521 Å². The second-order valence-electron chi connectivity index (χ2n) is 21.8. The highest BCUT2D eigenvalue weighted by Gasteiger charge is 2.40. The van der Waals surface area contributed by atoms with E-state index in [1.165, 1.54) is 25.7 Å². The van der Waals surface area contributed by atoms with Crippen LogP contribution >= 0.6 is 0 Å². The van der Waals surface area contributed by atoms with Gasteiger partial charge in [-0.1, -0.05) is 32.0 Å². The highest BCUT2D eigenvalue weighted by Crippen LogP contribution is 2.22. The summed E-state index contributed by atoms with van der Waals surface area (Å²) in [7, 11) is 0. The number of carboxylic acid groups (broad SMARTS) is 1. The minimum atomic E-state index is -1.72. The van der Waals surface area contributed by atoms with Crippen LogP contribution in [0, 0.1) is 5.92 Å². The van der Waals surface area contributed by atoms with Crippen LogP contribution in [0.25, 0.3) is 10.9 Å².